The number of hydrogen-bond donors (Lipinski definition) is 1. The van der Waals surface area contributed by atoms with Crippen molar-refractivity contribution in [3.8, 4) is 0 Å². The van der Waals surface area contributed by atoms with Crippen LogP contribution in [0, 0.1) is 0 Å². The molecule has 0 fully saturated rings. The van der Waals surface area contributed by atoms with Gasteiger partial charge in [0.05, 0.1) is 6.42 Å². The van der Waals surface area contributed by atoms with Crippen LogP contribution in [-0.4, -0.2) is 10.9 Å². The van der Waals surface area contributed by atoms with Gasteiger partial charge in [-0.05, 0) is 22.0 Å². The van der Waals surface area contributed by atoms with Gasteiger partial charge in [-0.1, -0.05) is 0 Å². The lowest BCUT2D eigenvalue weighted by Crippen LogP contribution is -2.03. The van der Waals surface area contributed by atoms with Crippen molar-refractivity contribution in [3.63, 3.8) is 0 Å². The molecule has 2 rings (SSSR count). The summed E-state index contributed by atoms with van der Waals surface area (Å²) in [6, 6.07) is 1.81. The van der Waals surface area contributed by atoms with Gasteiger partial charge >= 0.3 is 0 Å². The van der Waals surface area contributed by atoms with Gasteiger partial charge in [-0.15, -0.1) is 0 Å². The maximum Gasteiger partial charge on any atom is 0.228 e. The number of nitrogens with zero attached hydrogens (tertiary/aromatic N) is 1. The van der Waals surface area contributed by atoms with Crippen LogP contribution < -0.4 is 5.32 Å². The molecule has 11 heavy (non-hydrogen) atoms. The summed E-state index contributed by atoms with van der Waals surface area (Å²) in [7, 11) is 0. The summed E-state index contributed by atoms with van der Waals surface area (Å²) >= 11 is 3.22. The van der Waals surface area contributed by atoms with Crippen molar-refractivity contribution in [2.24, 2.45) is 0 Å². The monoisotopic (exact) mass is 212 g/mol. The van der Waals surface area contributed by atoms with Crippen LogP contribution in [0.25, 0.3) is 0 Å². The van der Waals surface area contributed by atoms with Crippen molar-refractivity contribution in [2.75, 3.05) is 5.32 Å². The van der Waals surface area contributed by atoms with E-state index in [1.54, 1.807) is 12.3 Å². The van der Waals surface area contributed by atoms with Crippen LogP contribution in [0.4, 0.5) is 5.69 Å². The third-order valence-corrected chi connectivity index (χ3v) is 2.01. The molecule has 1 aromatic heterocycles. The van der Waals surface area contributed by atoms with Crippen LogP contribution in [0.2, 0.25) is 0 Å². The van der Waals surface area contributed by atoms with E-state index in [0.29, 0.717) is 6.42 Å². The molecule has 0 saturated carbocycles. The first-order valence-electron chi connectivity index (χ1n) is 3.20. The van der Waals surface area contributed by atoms with Gasteiger partial charge in [0, 0.05) is 17.4 Å². The van der Waals surface area contributed by atoms with Gasteiger partial charge in [0.15, 0.2) is 0 Å². The largest absolute Gasteiger partial charge is 0.325 e. The molecule has 1 aliphatic rings. The van der Waals surface area contributed by atoms with Crippen LogP contribution in [-0.2, 0) is 11.2 Å². The first kappa shape index (κ1) is 6.79. The van der Waals surface area contributed by atoms with E-state index < -0.39 is 0 Å². The molecule has 0 spiro atoms. The van der Waals surface area contributed by atoms with Crippen molar-refractivity contribution in [2.45, 2.75) is 6.42 Å². The molecule has 1 aliphatic heterocycles. The van der Waals surface area contributed by atoms with Crippen LogP contribution >= 0.6 is 15.9 Å². The maximum absolute atomic E-state index is 10.9. The number of pyridine rings is 1. The minimum absolute atomic E-state index is 0.0416. The second-order valence-electron chi connectivity index (χ2n) is 2.39. The number of rotatable bonds is 0. The first-order chi connectivity index (χ1) is 5.25. The molecule has 0 unspecified atom stereocenters. The third-order valence-electron chi connectivity index (χ3n) is 1.58. The predicted molar refractivity (Wildman–Crippen MR) is 44.3 cm³/mol. The quantitative estimate of drug-likeness (QED) is 0.660. The van der Waals surface area contributed by atoms with E-state index in [9.17, 15) is 4.79 Å². The molecule has 1 amide bonds. The molecular weight excluding hydrogens is 208 g/mol. The Bertz CT molecular complexity index is 324. The highest BCUT2D eigenvalue weighted by molar-refractivity contribution is 9.10. The van der Waals surface area contributed by atoms with E-state index in [-0.39, 0.29) is 5.91 Å². The molecule has 0 aliphatic carbocycles. The number of hydrogen-bond acceptors (Lipinski definition) is 2. The minimum Gasteiger partial charge on any atom is -0.325 e. The molecular formula is C7H5BrN2O. The van der Waals surface area contributed by atoms with Gasteiger partial charge in [0.2, 0.25) is 5.91 Å². The van der Waals surface area contributed by atoms with Crippen molar-refractivity contribution in [1.29, 1.82) is 0 Å². The number of halogens is 1. The van der Waals surface area contributed by atoms with Gasteiger partial charge < -0.3 is 5.32 Å². The zero-order chi connectivity index (χ0) is 7.84. The fraction of sp³-hybridized carbons (Fsp3) is 0.143. The van der Waals surface area contributed by atoms with E-state index in [2.05, 4.69) is 26.2 Å². The average Bonchev–Trinajstić information content (AvgIpc) is 2.27. The molecule has 56 valence electrons. The number of anilines is 1. The molecule has 0 radical (unpaired) electrons. The third kappa shape index (κ3) is 1.14. The summed E-state index contributed by atoms with van der Waals surface area (Å²) in [5.74, 6) is 0.0416. The summed E-state index contributed by atoms with van der Waals surface area (Å²) in [5.41, 5.74) is 1.84. The van der Waals surface area contributed by atoms with E-state index in [1.165, 1.54) is 0 Å². The Kier molecular flexibility index (Phi) is 1.42. The maximum atomic E-state index is 10.9. The molecule has 1 N–H and O–H groups in total. The number of amides is 1. The molecule has 4 heteroatoms. The highest BCUT2D eigenvalue weighted by Gasteiger charge is 2.17. The van der Waals surface area contributed by atoms with E-state index in [1.807, 2.05) is 0 Å². The number of fused-ring (bicyclic) bond motifs is 1. The topological polar surface area (TPSA) is 42.0 Å². The fourth-order valence-corrected chi connectivity index (χ4v) is 1.41. The minimum atomic E-state index is 0.0416. The molecule has 2 heterocycles. The molecule has 0 bridgehead atoms. The highest BCUT2D eigenvalue weighted by atomic mass is 79.9. The summed E-state index contributed by atoms with van der Waals surface area (Å²) < 4.78 is 0.749. The van der Waals surface area contributed by atoms with Crippen LogP contribution in [0.5, 0.6) is 0 Å². The number of aromatic nitrogens is 1. The van der Waals surface area contributed by atoms with E-state index >= 15 is 0 Å². The Morgan fingerprint density at radius 3 is 3.27 bits per heavy atom. The van der Waals surface area contributed by atoms with Gasteiger partial charge in [-0.2, -0.15) is 0 Å². The predicted octanol–water partition coefficient (Wildman–Crippen LogP) is 1.34. The van der Waals surface area contributed by atoms with Gasteiger partial charge in [-0.25, -0.2) is 4.98 Å². The Balaban J connectivity index is 2.51. The lowest BCUT2D eigenvalue weighted by Gasteiger charge is -1.95. The Hall–Kier alpha value is -0.900. The summed E-state index contributed by atoms with van der Waals surface area (Å²) in [6.45, 7) is 0. The lowest BCUT2D eigenvalue weighted by molar-refractivity contribution is -0.115. The van der Waals surface area contributed by atoms with Crippen LogP contribution in [0.15, 0.2) is 16.9 Å². The van der Waals surface area contributed by atoms with Gasteiger partial charge in [-0.3, -0.25) is 4.79 Å². The SMILES string of the molecule is O=C1Cc2cnc(Br)cc2N1. The molecule has 0 atom stereocenters. The summed E-state index contributed by atoms with van der Waals surface area (Å²) in [6.07, 6.45) is 2.16. The number of nitrogens with one attached hydrogen (secondary N) is 1. The van der Waals surface area contributed by atoms with Gasteiger partial charge in [0.25, 0.3) is 0 Å². The normalized spacial score (nSPS) is 14.5. The Morgan fingerprint density at radius 1 is 1.64 bits per heavy atom. The van der Waals surface area contributed by atoms with Crippen LogP contribution in [0.3, 0.4) is 0 Å². The molecule has 0 saturated heterocycles. The molecule has 1 aromatic rings. The number of carbonyl (C=O) groups is 1. The standard InChI is InChI=1S/C7H5BrN2O/c8-6-2-5-4(3-9-6)1-7(11)10-5/h2-3H,1H2,(H,10,11). The van der Waals surface area contributed by atoms with Crippen molar-refractivity contribution >= 4 is 27.5 Å². The highest BCUT2D eigenvalue weighted by Crippen LogP contribution is 2.24. The van der Waals surface area contributed by atoms with Crippen LogP contribution in [0.1, 0.15) is 5.56 Å². The van der Waals surface area contributed by atoms with Crippen molar-refractivity contribution in [1.82, 2.24) is 4.98 Å². The lowest BCUT2D eigenvalue weighted by atomic mass is 10.2. The zero-order valence-electron chi connectivity index (χ0n) is 5.60. The summed E-state index contributed by atoms with van der Waals surface area (Å²) in [5, 5.41) is 2.73. The van der Waals surface area contributed by atoms with Crippen molar-refractivity contribution < 1.29 is 4.79 Å². The van der Waals surface area contributed by atoms with E-state index in [0.717, 1.165) is 15.9 Å². The number of carbonyl (C=O) groups excluding carboxylic acids is 1. The Labute approximate surface area is 72.0 Å². The average molecular weight is 213 g/mol. The van der Waals surface area contributed by atoms with Crippen molar-refractivity contribution in [3.05, 3.63) is 22.4 Å². The van der Waals surface area contributed by atoms with Gasteiger partial charge in [0.1, 0.15) is 4.60 Å². The second-order valence-corrected chi connectivity index (χ2v) is 3.20. The smallest absolute Gasteiger partial charge is 0.228 e. The molecule has 0 aromatic carbocycles. The first-order valence-corrected chi connectivity index (χ1v) is 3.99. The second kappa shape index (κ2) is 2.30. The fourth-order valence-electron chi connectivity index (χ4n) is 1.08. The molecule has 3 nitrogen and oxygen atoms in total. The van der Waals surface area contributed by atoms with E-state index in [4.69, 9.17) is 0 Å². The zero-order valence-corrected chi connectivity index (χ0v) is 7.18. The summed E-state index contributed by atoms with van der Waals surface area (Å²) in [4.78, 5) is 14.9. The Morgan fingerprint density at radius 2 is 2.45 bits per heavy atom.